The van der Waals surface area contributed by atoms with Gasteiger partial charge in [-0.1, -0.05) is 36.4 Å². The maximum atomic E-state index is 12.5. The van der Waals surface area contributed by atoms with E-state index in [-0.39, 0.29) is 18.0 Å². The monoisotopic (exact) mass is 310 g/mol. The van der Waals surface area contributed by atoms with Crippen LogP contribution in [-0.4, -0.2) is 19.1 Å². The quantitative estimate of drug-likeness (QED) is 0.891. The van der Waals surface area contributed by atoms with E-state index < -0.39 is 0 Å². The molecule has 1 amide bonds. The molecule has 4 heteroatoms. The van der Waals surface area contributed by atoms with Crippen LogP contribution in [0.5, 0.6) is 5.75 Å². The van der Waals surface area contributed by atoms with Gasteiger partial charge in [-0.2, -0.15) is 0 Å². The molecule has 0 heterocycles. The fourth-order valence-electron chi connectivity index (χ4n) is 3.10. The van der Waals surface area contributed by atoms with Crippen LogP contribution in [0.15, 0.2) is 48.5 Å². The van der Waals surface area contributed by atoms with Crippen LogP contribution in [0.3, 0.4) is 0 Å². The molecule has 0 bridgehead atoms. The average Bonchev–Trinajstić information content (AvgIpc) is 2.98. The molecule has 0 saturated heterocycles. The molecular formula is C19H22N2O2. The highest BCUT2D eigenvalue weighted by Gasteiger charge is 2.25. The molecule has 0 radical (unpaired) electrons. The first kappa shape index (κ1) is 15.6. The highest BCUT2D eigenvalue weighted by molar-refractivity contribution is 5.95. The van der Waals surface area contributed by atoms with Crippen molar-refractivity contribution in [2.24, 2.45) is 0 Å². The van der Waals surface area contributed by atoms with Gasteiger partial charge in [-0.15, -0.1) is 0 Å². The third-order valence-electron chi connectivity index (χ3n) is 4.34. The normalized spacial score (nSPS) is 17.4. The molecule has 1 aliphatic carbocycles. The number of carbonyl (C=O) groups excluding carboxylic acids is 1. The number of para-hydroxylation sites is 2. The SMILES string of the molecule is COc1ccccc1NC(=O)[C@@H](C)N[C@H]1CCc2ccccc21. The number of hydrogen-bond donors (Lipinski definition) is 2. The second-order valence-corrected chi connectivity index (χ2v) is 5.87. The number of benzene rings is 2. The zero-order chi connectivity index (χ0) is 16.2. The van der Waals surface area contributed by atoms with E-state index in [4.69, 9.17) is 4.74 Å². The summed E-state index contributed by atoms with van der Waals surface area (Å²) in [4.78, 5) is 12.5. The summed E-state index contributed by atoms with van der Waals surface area (Å²) >= 11 is 0. The van der Waals surface area contributed by atoms with Gasteiger partial charge in [0.15, 0.2) is 0 Å². The van der Waals surface area contributed by atoms with Crippen molar-refractivity contribution >= 4 is 11.6 Å². The molecule has 0 spiro atoms. The van der Waals surface area contributed by atoms with Crippen molar-refractivity contribution in [3.8, 4) is 5.75 Å². The third-order valence-corrected chi connectivity index (χ3v) is 4.34. The number of amides is 1. The molecule has 0 aromatic heterocycles. The number of ether oxygens (including phenoxy) is 1. The number of hydrogen-bond acceptors (Lipinski definition) is 3. The summed E-state index contributed by atoms with van der Waals surface area (Å²) in [5.74, 6) is 0.609. The molecular weight excluding hydrogens is 288 g/mol. The largest absolute Gasteiger partial charge is 0.495 e. The van der Waals surface area contributed by atoms with Gasteiger partial charge in [0, 0.05) is 6.04 Å². The molecule has 0 unspecified atom stereocenters. The summed E-state index contributed by atoms with van der Waals surface area (Å²) in [6.07, 6.45) is 2.10. The fourth-order valence-corrected chi connectivity index (χ4v) is 3.10. The molecule has 2 aromatic rings. The van der Waals surface area contributed by atoms with Gasteiger partial charge in [0.2, 0.25) is 5.91 Å². The Balaban J connectivity index is 1.65. The zero-order valence-electron chi connectivity index (χ0n) is 13.5. The molecule has 4 nitrogen and oxygen atoms in total. The third kappa shape index (κ3) is 3.37. The zero-order valence-corrected chi connectivity index (χ0v) is 13.5. The van der Waals surface area contributed by atoms with Crippen LogP contribution in [0.1, 0.15) is 30.5 Å². The second kappa shape index (κ2) is 6.84. The Hall–Kier alpha value is -2.33. The lowest BCUT2D eigenvalue weighted by molar-refractivity contribution is -0.118. The van der Waals surface area contributed by atoms with Crippen LogP contribution < -0.4 is 15.4 Å². The van der Waals surface area contributed by atoms with Crippen molar-refractivity contribution in [3.63, 3.8) is 0 Å². The maximum Gasteiger partial charge on any atom is 0.241 e. The Morgan fingerprint density at radius 3 is 2.74 bits per heavy atom. The first-order chi connectivity index (χ1) is 11.2. The second-order valence-electron chi connectivity index (χ2n) is 5.87. The predicted molar refractivity (Wildman–Crippen MR) is 91.7 cm³/mol. The van der Waals surface area contributed by atoms with Crippen molar-refractivity contribution in [1.82, 2.24) is 5.32 Å². The molecule has 1 aliphatic rings. The first-order valence-corrected chi connectivity index (χ1v) is 7.97. The number of aryl methyl sites for hydroxylation is 1. The molecule has 0 fully saturated rings. The van der Waals surface area contributed by atoms with E-state index in [1.807, 2.05) is 31.2 Å². The van der Waals surface area contributed by atoms with Gasteiger partial charge >= 0.3 is 0 Å². The Kier molecular flexibility index (Phi) is 4.63. The molecule has 0 saturated carbocycles. The lowest BCUT2D eigenvalue weighted by Gasteiger charge is -2.20. The van der Waals surface area contributed by atoms with Crippen LogP contribution in [0.4, 0.5) is 5.69 Å². The van der Waals surface area contributed by atoms with E-state index in [1.165, 1.54) is 11.1 Å². The van der Waals surface area contributed by atoms with E-state index in [1.54, 1.807) is 7.11 Å². The summed E-state index contributed by atoms with van der Waals surface area (Å²) in [5, 5.41) is 6.37. The summed E-state index contributed by atoms with van der Waals surface area (Å²) in [6, 6.07) is 15.8. The van der Waals surface area contributed by atoms with E-state index in [0.717, 1.165) is 12.8 Å². The van der Waals surface area contributed by atoms with Gasteiger partial charge in [-0.3, -0.25) is 10.1 Å². The Morgan fingerprint density at radius 1 is 1.17 bits per heavy atom. The number of methoxy groups -OCH3 is 1. The highest BCUT2D eigenvalue weighted by Crippen LogP contribution is 2.31. The number of fused-ring (bicyclic) bond motifs is 1. The van der Waals surface area contributed by atoms with Gasteiger partial charge in [0.1, 0.15) is 5.75 Å². The standard InChI is InChI=1S/C19H22N2O2/c1-13(19(22)21-17-9-5-6-10-18(17)23-2)20-16-12-11-14-7-3-4-8-15(14)16/h3-10,13,16,20H,11-12H2,1-2H3,(H,21,22)/t13-,16+/m1/s1. The first-order valence-electron chi connectivity index (χ1n) is 7.97. The lowest BCUT2D eigenvalue weighted by atomic mass is 10.1. The van der Waals surface area contributed by atoms with Crippen LogP contribution >= 0.6 is 0 Å². The van der Waals surface area contributed by atoms with E-state index in [9.17, 15) is 4.79 Å². The molecule has 3 rings (SSSR count). The van der Waals surface area contributed by atoms with Crippen LogP contribution in [0.2, 0.25) is 0 Å². The van der Waals surface area contributed by atoms with Crippen molar-refractivity contribution < 1.29 is 9.53 Å². The molecule has 2 aromatic carbocycles. The smallest absolute Gasteiger partial charge is 0.241 e. The number of rotatable bonds is 5. The minimum Gasteiger partial charge on any atom is -0.495 e. The molecule has 120 valence electrons. The van der Waals surface area contributed by atoms with Gasteiger partial charge in [0.25, 0.3) is 0 Å². The molecule has 23 heavy (non-hydrogen) atoms. The molecule has 2 N–H and O–H groups in total. The fraction of sp³-hybridized carbons (Fsp3) is 0.316. The Bertz CT molecular complexity index is 699. The Morgan fingerprint density at radius 2 is 1.91 bits per heavy atom. The van der Waals surface area contributed by atoms with E-state index >= 15 is 0 Å². The van der Waals surface area contributed by atoms with Gasteiger partial charge in [0.05, 0.1) is 18.8 Å². The van der Waals surface area contributed by atoms with Crippen LogP contribution in [-0.2, 0) is 11.2 Å². The average molecular weight is 310 g/mol. The highest BCUT2D eigenvalue weighted by atomic mass is 16.5. The summed E-state index contributed by atoms with van der Waals surface area (Å²) in [5.41, 5.74) is 3.38. The van der Waals surface area contributed by atoms with Crippen LogP contribution in [0, 0.1) is 0 Å². The summed E-state index contributed by atoms with van der Waals surface area (Å²) < 4.78 is 5.27. The summed E-state index contributed by atoms with van der Waals surface area (Å²) in [7, 11) is 1.60. The van der Waals surface area contributed by atoms with Gasteiger partial charge < -0.3 is 10.1 Å². The van der Waals surface area contributed by atoms with Crippen molar-refractivity contribution in [2.75, 3.05) is 12.4 Å². The lowest BCUT2D eigenvalue weighted by Crippen LogP contribution is -2.39. The van der Waals surface area contributed by atoms with Gasteiger partial charge in [-0.05, 0) is 43.0 Å². The van der Waals surface area contributed by atoms with Crippen LogP contribution in [0.25, 0.3) is 0 Å². The van der Waals surface area contributed by atoms with E-state index in [0.29, 0.717) is 11.4 Å². The number of nitrogens with one attached hydrogen (secondary N) is 2. The topological polar surface area (TPSA) is 50.4 Å². The maximum absolute atomic E-state index is 12.5. The number of carbonyl (C=O) groups is 1. The molecule has 0 aliphatic heterocycles. The van der Waals surface area contributed by atoms with Crippen molar-refractivity contribution in [3.05, 3.63) is 59.7 Å². The predicted octanol–water partition coefficient (Wildman–Crippen LogP) is 3.30. The van der Waals surface area contributed by atoms with Gasteiger partial charge in [-0.25, -0.2) is 0 Å². The van der Waals surface area contributed by atoms with E-state index in [2.05, 4.69) is 34.9 Å². The van der Waals surface area contributed by atoms with Crippen molar-refractivity contribution in [2.45, 2.75) is 31.8 Å². The van der Waals surface area contributed by atoms with Crippen molar-refractivity contribution in [1.29, 1.82) is 0 Å². The minimum atomic E-state index is -0.281. The summed E-state index contributed by atoms with van der Waals surface area (Å²) in [6.45, 7) is 1.89. The minimum absolute atomic E-state index is 0.0566. The Labute approximate surface area is 136 Å². The molecule has 2 atom stereocenters. The number of anilines is 1.